The van der Waals surface area contributed by atoms with E-state index in [9.17, 15) is 39.5 Å². The monoisotopic (exact) mass is 573 g/mol. The van der Waals surface area contributed by atoms with Crippen LogP contribution in [-0.4, -0.2) is 35.6 Å². The van der Waals surface area contributed by atoms with Crippen LogP contribution in [0.3, 0.4) is 0 Å². The summed E-state index contributed by atoms with van der Waals surface area (Å²) >= 11 is 0. The molecule has 1 saturated heterocycles. The molecule has 1 aliphatic heterocycles. The van der Waals surface area contributed by atoms with Crippen LogP contribution in [0.5, 0.6) is 0 Å². The number of carboxylic acid groups (broad SMARTS) is 1. The largest absolute Gasteiger partial charge is 0.481 e. The number of halogens is 9. The van der Waals surface area contributed by atoms with Crippen LogP contribution in [0.2, 0.25) is 0 Å². The van der Waals surface area contributed by atoms with Crippen molar-refractivity contribution in [2.24, 2.45) is 0 Å². The molecule has 3 nitrogen and oxygen atoms in total. The first-order valence-corrected chi connectivity index (χ1v) is 12.3. The van der Waals surface area contributed by atoms with E-state index in [0.717, 1.165) is 51.4 Å². The third-order valence-electron chi connectivity index (χ3n) is 5.79. The van der Waals surface area contributed by atoms with Crippen LogP contribution < -0.4 is 0 Å². The molecule has 1 atom stereocenters. The molecule has 2 aromatic carbocycles. The van der Waals surface area contributed by atoms with Crippen LogP contribution in [0.25, 0.3) is 0 Å². The fourth-order valence-corrected chi connectivity index (χ4v) is 4.11. The van der Waals surface area contributed by atoms with Crippen molar-refractivity contribution in [1.82, 2.24) is 4.90 Å². The Morgan fingerprint density at radius 3 is 1.74 bits per heavy atom. The van der Waals surface area contributed by atoms with E-state index in [1.54, 1.807) is 6.07 Å². The Bertz CT molecular complexity index is 993. The molecule has 0 bridgehead atoms. The Balaban J connectivity index is 0.000000446. The van der Waals surface area contributed by atoms with Gasteiger partial charge in [0.25, 0.3) is 5.97 Å². The molecule has 220 valence electrons. The van der Waals surface area contributed by atoms with E-state index >= 15 is 0 Å². The van der Waals surface area contributed by atoms with Gasteiger partial charge in [0.2, 0.25) is 0 Å². The van der Waals surface area contributed by atoms with E-state index in [0.29, 0.717) is 37.6 Å². The Labute approximate surface area is 221 Å². The van der Waals surface area contributed by atoms with Gasteiger partial charge in [0.15, 0.2) is 0 Å². The van der Waals surface area contributed by atoms with E-state index in [2.05, 4.69) is 4.90 Å². The zero-order valence-corrected chi connectivity index (χ0v) is 21.6. The highest BCUT2D eigenvalue weighted by atomic mass is 19.4. The second-order valence-corrected chi connectivity index (χ2v) is 9.03. The van der Waals surface area contributed by atoms with Gasteiger partial charge in [-0.25, -0.2) is 0 Å². The van der Waals surface area contributed by atoms with E-state index in [4.69, 9.17) is 9.90 Å². The van der Waals surface area contributed by atoms with E-state index in [1.165, 1.54) is 12.1 Å². The molecular weight excluding hydrogens is 541 g/mol. The number of carbonyl (C=O) groups is 1. The molecule has 1 unspecified atom stereocenters. The van der Waals surface area contributed by atoms with Gasteiger partial charge in [0.1, 0.15) is 0 Å². The number of aliphatic carboxylic acids is 1. The van der Waals surface area contributed by atoms with Crippen molar-refractivity contribution in [2.45, 2.75) is 70.4 Å². The number of nitrogens with zero attached hydrogens (tertiary/aromatic N) is 1. The molecule has 0 spiro atoms. The minimum absolute atomic E-state index is 0.227. The van der Waals surface area contributed by atoms with Gasteiger partial charge in [-0.2, -0.15) is 39.5 Å². The molecule has 0 aliphatic carbocycles. The molecule has 1 N–H and O–H groups in total. The smallest absolute Gasteiger partial charge is 0.416 e. The van der Waals surface area contributed by atoms with Gasteiger partial charge in [0, 0.05) is 13.5 Å². The maximum atomic E-state index is 13.4. The molecule has 0 aromatic heterocycles. The van der Waals surface area contributed by atoms with Crippen molar-refractivity contribution in [1.29, 1.82) is 0 Å². The lowest BCUT2D eigenvalue weighted by Crippen LogP contribution is -2.34. The Hall–Kier alpha value is -2.76. The lowest BCUT2D eigenvalue weighted by molar-refractivity contribution is -0.142. The Morgan fingerprint density at radius 1 is 0.821 bits per heavy atom. The van der Waals surface area contributed by atoms with Gasteiger partial charge >= 0.3 is 18.5 Å². The summed E-state index contributed by atoms with van der Waals surface area (Å²) < 4.78 is 114. The summed E-state index contributed by atoms with van der Waals surface area (Å²) in [6.07, 6.45) is -9.42. The van der Waals surface area contributed by atoms with Gasteiger partial charge in [0.05, 0.1) is 16.7 Å². The number of rotatable bonds is 5. The molecule has 12 heteroatoms. The highest BCUT2D eigenvalue weighted by molar-refractivity contribution is 5.62. The molecule has 0 saturated carbocycles. The fourth-order valence-electron chi connectivity index (χ4n) is 4.11. The maximum absolute atomic E-state index is 13.4. The Kier molecular flexibility index (Phi) is 13.3. The van der Waals surface area contributed by atoms with Crippen molar-refractivity contribution in [3.05, 3.63) is 70.8 Å². The third-order valence-corrected chi connectivity index (χ3v) is 5.79. The van der Waals surface area contributed by atoms with Crippen molar-refractivity contribution in [2.75, 3.05) is 19.6 Å². The number of piperidine rings is 1. The second kappa shape index (κ2) is 15.1. The first-order valence-electron chi connectivity index (χ1n) is 12.3. The zero-order chi connectivity index (χ0) is 29.9. The Morgan fingerprint density at radius 2 is 1.33 bits per heavy atom. The van der Waals surface area contributed by atoms with Gasteiger partial charge in [-0.15, -0.1) is 0 Å². The third kappa shape index (κ3) is 12.8. The van der Waals surface area contributed by atoms with Crippen LogP contribution in [0.4, 0.5) is 39.5 Å². The van der Waals surface area contributed by atoms with Crippen LogP contribution in [-0.2, 0) is 23.3 Å². The average molecular weight is 574 g/mol. The SMILES string of the molecule is CC(=O)O.CCCC(CN1CCCCC1)c1cc(C(F)(F)F)ccc1C(F)(F)F.FC(F)(F)c1ccccc1. The normalized spacial score (nSPS) is 15.4. The summed E-state index contributed by atoms with van der Waals surface area (Å²) in [6, 6.07) is 8.17. The summed E-state index contributed by atoms with van der Waals surface area (Å²) in [6.45, 7) is 4.88. The predicted octanol–water partition coefficient (Wildman–Crippen LogP) is 8.89. The summed E-state index contributed by atoms with van der Waals surface area (Å²) in [4.78, 5) is 11.1. The van der Waals surface area contributed by atoms with Crippen molar-refractivity contribution in [3.63, 3.8) is 0 Å². The predicted molar refractivity (Wildman–Crippen MR) is 129 cm³/mol. The number of benzene rings is 2. The molecule has 1 fully saturated rings. The quantitative estimate of drug-likeness (QED) is 0.363. The molecule has 3 rings (SSSR count). The summed E-state index contributed by atoms with van der Waals surface area (Å²) in [7, 11) is 0. The lowest BCUT2D eigenvalue weighted by Gasteiger charge is -2.32. The van der Waals surface area contributed by atoms with E-state index < -0.39 is 47.1 Å². The zero-order valence-electron chi connectivity index (χ0n) is 21.6. The summed E-state index contributed by atoms with van der Waals surface area (Å²) in [5.41, 5.74) is -2.80. The van der Waals surface area contributed by atoms with Crippen LogP contribution >= 0.6 is 0 Å². The van der Waals surface area contributed by atoms with E-state index in [1.807, 2.05) is 6.92 Å². The maximum Gasteiger partial charge on any atom is 0.416 e. The van der Waals surface area contributed by atoms with Crippen molar-refractivity contribution < 1.29 is 49.4 Å². The van der Waals surface area contributed by atoms with Gasteiger partial charge in [-0.3, -0.25) is 4.79 Å². The van der Waals surface area contributed by atoms with Crippen LogP contribution in [0.15, 0.2) is 48.5 Å². The molecule has 1 aliphatic rings. The first kappa shape index (κ1) is 34.3. The van der Waals surface area contributed by atoms with Crippen LogP contribution in [0.1, 0.15) is 74.1 Å². The topological polar surface area (TPSA) is 40.5 Å². The van der Waals surface area contributed by atoms with Gasteiger partial charge in [-0.1, -0.05) is 50.1 Å². The molecule has 0 radical (unpaired) electrons. The molecular formula is C27H32F9NO2. The van der Waals surface area contributed by atoms with Crippen molar-refractivity contribution >= 4 is 5.97 Å². The molecule has 0 amide bonds. The number of hydrogen-bond acceptors (Lipinski definition) is 2. The number of hydrogen-bond donors (Lipinski definition) is 1. The van der Waals surface area contributed by atoms with E-state index in [-0.39, 0.29) is 5.56 Å². The van der Waals surface area contributed by atoms with Crippen LogP contribution in [0, 0.1) is 0 Å². The lowest BCUT2D eigenvalue weighted by atomic mass is 9.88. The molecule has 1 heterocycles. The minimum atomic E-state index is -4.66. The average Bonchev–Trinajstić information content (AvgIpc) is 2.83. The highest BCUT2D eigenvalue weighted by Gasteiger charge is 2.38. The standard InChI is InChI=1S/C18H23F6N.C7H5F3.C2H4O2/c1-2-6-13(12-25-9-4-3-5-10-25)15-11-14(17(19,20)21)7-8-16(15)18(22,23)24;8-7(9,10)6-4-2-1-3-5-6;1-2(3)4/h7-8,11,13H,2-6,9-10,12H2,1H3;1-5H;1H3,(H,3,4). The number of likely N-dealkylation sites (tertiary alicyclic amines) is 1. The highest BCUT2D eigenvalue weighted by Crippen LogP contribution is 2.40. The van der Waals surface area contributed by atoms with Gasteiger partial charge < -0.3 is 10.0 Å². The summed E-state index contributed by atoms with van der Waals surface area (Å²) in [5, 5.41) is 7.42. The fraction of sp³-hybridized carbons (Fsp3) is 0.519. The number of carboxylic acids is 1. The second-order valence-electron chi connectivity index (χ2n) is 9.03. The van der Waals surface area contributed by atoms with Crippen molar-refractivity contribution in [3.8, 4) is 0 Å². The minimum Gasteiger partial charge on any atom is -0.481 e. The molecule has 39 heavy (non-hydrogen) atoms. The first-order chi connectivity index (χ1) is 18.0. The van der Waals surface area contributed by atoms with Gasteiger partial charge in [-0.05, 0) is 62.0 Å². The summed E-state index contributed by atoms with van der Waals surface area (Å²) in [5.74, 6) is -1.39. The number of alkyl halides is 9. The molecule has 2 aromatic rings.